The number of hydrogen-bond acceptors (Lipinski definition) is 3. The van der Waals surface area contributed by atoms with Crippen molar-refractivity contribution in [1.29, 1.82) is 0 Å². The number of alkyl halides is 1. The Kier molecular flexibility index (Phi) is 3.62. The molecule has 1 aliphatic carbocycles. The van der Waals surface area contributed by atoms with Gasteiger partial charge in [-0.1, -0.05) is 18.0 Å². The molecular weight excluding hydrogens is 269 g/mol. The minimum atomic E-state index is 0.378. The zero-order valence-electron chi connectivity index (χ0n) is 10.3. The van der Waals surface area contributed by atoms with Crippen molar-refractivity contribution in [3.05, 3.63) is 17.0 Å². The van der Waals surface area contributed by atoms with Crippen LogP contribution in [0.15, 0.2) is 6.33 Å². The Morgan fingerprint density at radius 1 is 1.22 bits per heavy atom. The number of piperidine rings is 1. The van der Waals surface area contributed by atoms with Gasteiger partial charge in [0.15, 0.2) is 0 Å². The van der Waals surface area contributed by atoms with E-state index in [1.54, 1.807) is 6.33 Å². The van der Waals surface area contributed by atoms with Gasteiger partial charge in [-0.05, 0) is 31.6 Å². The Morgan fingerprint density at radius 2 is 2.06 bits per heavy atom. The van der Waals surface area contributed by atoms with Crippen molar-refractivity contribution in [2.75, 3.05) is 11.4 Å². The van der Waals surface area contributed by atoms with Gasteiger partial charge < -0.3 is 4.90 Å². The smallest absolute Gasteiger partial charge is 0.138 e. The Hall–Kier alpha value is -0.540. The van der Waals surface area contributed by atoms with E-state index < -0.39 is 0 Å². The van der Waals surface area contributed by atoms with E-state index >= 15 is 0 Å². The molecule has 0 aromatic carbocycles. The van der Waals surface area contributed by atoms with Crippen LogP contribution < -0.4 is 4.90 Å². The average Bonchev–Trinajstić information content (AvgIpc) is 2.86. The van der Waals surface area contributed by atoms with Gasteiger partial charge in [-0.25, -0.2) is 9.97 Å². The molecule has 2 heterocycles. The Balaban J connectivity index is 1.96. The van der Waals surface area contributed by atoms with Gasteiger partial charge in [0.25, 0.3) is 0 Å². The summed E-state index contributed by atoms with van der Waals surface area (Å²) >= 11 is 12.1. The molecule has 2 aliphatic rings. The van der Waals surface area contributed by atoms with Crippen molar-refractivity contribution >= 4 is 29.0 Å². The van der Waals surface area contributed by atoms with Gasteiger partial charge in [0.05, 0.1) is 5.88 Å². The Bertz CT molecular complexity index is 438. The lowest BCUT2D eigenvalue weighted by molar-refractivity contribution is 0.360. The third-order valence-corrected chi connectivity index (χ3v) is 4.86. The number of hydrogen-bond donors (Lipinski definition) is 0. The summed E-state index contributed by atoms with van der Waals surface area (Å²) in [5.74, 6) is 2.17. The van der Waals surface area contributed by atoms with Gasteiger partial charge in [-0.3, -0.25) is 0 Å². The summed E-state index contributed by atoms with van der Waals surface area (Å²) in [5, 5.41) is 0.495. The minimum absolute atomic E-state index is 0.378. The number of aromatic nitrogens is 2. The molecule has 0 spiro atoms. The first kappa shape index (κ1) is 12.5. The van der Waals surface area contributed by atoms with Crippen LogP contribution in [0.5, 0.6) is 0 Å². The zero-order valence-corrected chi connectivity index (χ0v) is 11.8. The molecule has 1 saturated carbocycles. The molecule has 2 fully saturated rings. The lowest BCUT2D eigenvalue weighted by Gasteiger charge is -2.39. The monoisotopic (exact) mass is 285 g/mol. The predicted molar refractivity (Wildman–Crippen MR) is 74.3 cm³/mol. The Morgan fingerprint density at radius 3 is 2.89 bits per heavy atom. The fourth-order valence-corrected chi connectivity index (χ4v) is 3.97. The summed E-state index contributed by atoms with van der Waals surface area (Å²) in [6, 6.07) is 0.631. The molecule has 5 heteroatoms. The maximum absolute atomic E-state index is 6.13. The fraction of sp³-hybridized carbons (Fsp3) is 0.692. The van der Waals surface area contributed by atoms with Crippen LogP contribution in [0, 0.1) is 5.92 Å². The Labute approximate surface area is 118 Å². The summed E-state index contributed by atoms with van der Waals surface area (Å²) in [5.41, 5.74) is 0.883. The largest absolute Gasteiger partial charge is 0.353 e. The average molecular weight is 286 g/mol. The number of halogens is 2. The summed E-state index contributed by atoms with van der Waals surface area (Å²) in [6.45, 7) is 1.07. The SMILES string of the molecule is ClCc1c(Cl)ncnc1N1CCCC2CCCC21. The quantitative estimate of drug-likeness (QED) is 0.614. The van der Waals surface area contributed by atoms with Crippen molar-refractivity contribution in [1.82, 2.24) is 9.97 Å². The number of anilines is 1. The maximum Gasteiger partial charge on any atom is 0.138 e. The van der Waals surface area contributed by atoms with Gasteiger partial charge >= 0.3 is 0 Å². The third-order valence-electron chi connectivity index (χ3n) is 4.27. The molecule has 2 unspecified atom stereocenters. The molecule has 0 bridgehead atoms. The van der Waals surface area contributed by atoms with E-state index in [0.717, 1.165) is 23.8 Å². The van der Waals surface area contributed by atoms with Crippen molar-refractivity contribution in [2.45, 2.75) is 44.0 Å². The normalized spacial score (nSPS) is 27.3. The lowest BCUT2D eigenvalue weighted by atomic mass is 9.92. The molecular formula is C13H17Cl2N3. The molecule has 3 rings (SSSR count). The van der Waals surface area contributed by atoms with E-state index in [0.29, 0.717) is 17.1 Å². The first-order valence-electron chi connectivity index (χ1n) is 6.63. The van der Waals surface area contributed by atoms with Crippen molar-refractivity contribution in [3.63, 3.8) is 0 Å². The minimum Gasteiger partial charge on any atom is -0.353 e. The van der Waals surface area contributed by atoms with Gasteiger partial charge in [0.2, 0.25) is 0 Å². The van der Waals surface area contributed by atoms with Crippen molar-refractivity contribution < 1.29 is 0 Å². The van der Waals surface area contributed by atoms with E-state index in [1.807, 2.05) is 0 Å². The number of nitrogens with zero attached hydrogens (tertiary/aromatic N) is 3. The highest BCUT2D eigenvalue weighted by Gasteiger charge is 2.36. The highest BCUT2D eigenvalue weighted by molar-refractivity contribution is 6.31. The van der Waals surface area contributed by atoms with Crippen LogP contribution in [0.2, 0.25) is 5.15 Å². The first-order chi connectivity index (χ1) is 8.81. The van der Waals surface area contributed by atoms with Crippen LogP contribution in [-0.2, 0) is 5.88 Å². The summed E-state index contributed by atoms with van der Waals surface area (Å²) in [4.78, 5) is 10.9. The van der Waals surface area contributed by atoms with Crippen LogP contribution in [0.25, 0.3) is 0 Å². The van der Waals surface area contributed by atoms with Gasteiger partial charge in [0, 0.05) is 18.2 Å². The highest BCUT2D eigenvalue weighted by atomic mass is 35.5. The standard InChI is InChI=1S/C13H17Cl2N3/c14-7-10-12(15)16-8-17-13(10)18-6-2-4-9-3-1-5-11(9)18/h8-9,11H,1-7H2. The van der Waals surface area contributed by atoms with Crippen LogP contribution in [-0.4, -0.2) is 22.6 Å². The summed E-state index contributed by atoms with van der Waals surface area (Å²) in [7, 11) is 0. The van der Waals surface area contributed by atoms with E-state index in [1.165, 1.54) is 32.1 Å². The molecule has 98 valence electrons. The van der Waals surface area contributed by atoms with Crippen LogP contribution in [0.3, 0.4) is 0 Å². The summed E-state index contributed by atoms with van der Waals surface area (Å²) in [6.07, 6.45) is 8.11. The van der Waals surface area contributed by atoms with E-state index in [9.17, 15) is 0 Å². The lowest BCUT2D eigenvalue weighted by Crippen LogP contribution is -2.43. The molecule has 0 N–H and O–H groups in total. The second-order valence-corrected chi connectivity index (χ2v) is 5.82. The molecule has 1 aliphatic heterocycles. The first-order valence-corrected chi connectivity index (χ1v) is 7.54. The van der Waals surface area contributed by atoms with Gasteiger partial charge in [-0.15, -0.1) is 11.6 Å². The molecule has 3 nitrogen and oxygen atoms in total. The molecule has 18 heavy (non-hydrogen) atoms. The van der Waals surface area contributed by atoms with Crippen molar-refractivity contribution in [3.8, 4) is 0 Å². The summed E-state index contributed by atoms with van der Waals surface area (Å²) < 4.78 is 0. The van der Waals surface area contributed by atoms with E-state index in [4.69, 9.17) is 23.2 Å². The van der Waals surface area contributed by atoms with Crippen LogP contribution >= 0.6 is 23.2 Å². The van der Waals surface area contributed by atoms with Crippen LogP contribution in [0.1, 0.15) is 37.7 Å². The number of rotatable bonds is 2. The van der Waals surface area contributed by atoms with Gasteiger partial charge in [-0.2, -0.15) is 0 Å². The number of fused-ring (bicyclic) bond motifs is 1. The topological polar surface area (TPSA) is 29.0 Å². The second-order valence-electron chi connectivity index (χ2n) is 5.19. The highest BCUT2D eigenvalue weighted by Crippen LogP contribution is 2.40. The molecule has 1 aromatic heterocycles. The molecule has 0 radical (unpaired) electrons. The molecule has 1 saturated heterocycles. The second kappa shape index (κ2) is 5.22. The predicted octanol–water partition coefficient (Wildman–Crippen LogP) is 3.64. The van der Waals surface area contributed by atoms with E-state index in [-0.39, 0.29) is 0 Å². The molecule has 2 atom stereocenters. The fourth-order valence-electron chi connectivity index (χ4n) is 3.46. The third kappa shape index (κ3) is 2.08. The van der Waals surface area contributed by atoms with Gasteiger partial charge in [0.1, 0.15) is 17.3 Å². The van der Waals surface area contributed by atoms with E-state index in [2.05, 4.69) is 14.9 Å². The van der Waals surface area contributed by atoms with Crippen LogP contribution in [0.4, 0.5) is 5.82 Å². The molecule has 1 aromatic rings. The molecule has 0 amide bonds. The zero-order chi connectivity index (χ0) is 12.5. The maximum atomic E-state index is 6.13. The van der Waals surface area contributed by atoms with Crippen molar-refractivity contribution in [2.24, 2.45) is 5.92 Å².